The monoisotopic (exact) mass is 281 g/mol. The van der Waals surface area contributed by atoms with Gasteiger partial charge >= 0.3 is 0 Å². The van der Waals surface area contributed by atoms with Crippen LogP contribution in [0.25, 0.3) is 10.9 Å². The highest BCUT2D eigenvalue weighted by molar-refractivity contribution is 5.92. The van der Waals surface area contributed by atoms with Crippen molar-refractivity contribution in [2.24, 2.45) is 0 Å². The average molecular weight is 281 g/mol. The van der Waals surface area contributed by atoms with Crippen LogP contribution in [0.5, 0.6) is 0 Å². The molecule has 3 nitrogen and oxygen atoms in total. The van der Waals surface area contributed by atoms with E-state index in [2.05, 4.69) is 10.3 Å². The second kappa shape index (κ2) is 5.17. The molecular formula is C16H9F2N3. The molecule has 0 unspecified atom stereocenters. The fourth-order valence-electron chi connectivity index (χ4n) is 2.10. The van der Waals surface area contributed by atoms with Crippen molar-refractivity contribution in [3.63, 3.8) is 0 Å². The lowest BCUT2D eigenvalue weighted by atomic mass is 10.1. The number of para-hydroxylation sites is 1. The summed E-state index contributed by atoms with van der Waals surface area (Å²) in [4.78, 5) is 4.21. The van der Waals surface area contributed by atoms with Gasteiger partial charge < -0.3 is 5.32 Å². The molecular weight excluding hydrogens is 272 g/mol. The normalized spacial score (nSPS) is 10.3. The van der Waals surface area contributed by atoms with Gasteiger partial charge in [-0.05, 0) is 24.3 Å². The molecule has 3 rings (SSSR count). The van der Waals surface area contributed by atoms with Crippen LogP contribution >= 0.6 is 0 Å². The zero-order chi connectivity index (χ0) is 14.8. The molecule has 0 saturated carbocycles. The molecule has 1 aromatic heterocycles. The summed E-state index contributed by atoms with van der Waals surface area (Å²) in [7, 11) is 0. The molecule has 0 radical (unpaired) electrons. The third-order valence-electron chi connectivity index (χ3n) is 3.06. The molecule has 21 heavy (non-hydrogen) atoms. The van der Waals surface area contributed by atoms with E-state index in [0.717, 1.165) is 17.5 Å². The lowest BCUT2D eigenvalue weighted by molar-refractivity contribution is 0.590. The minimum Gasteiger partial charge on any atom is -0.349 e. The summed E-state index contributed by atoms with van der Waals surface area (Å²) in [6.45, 7) is 0. The number of halogens is 2. The molecule has 0 atom stereocenters. The molecule has 0 spiro atoms. The number of nitriles is 1. The topological polar surface area (TPSA) is 48.7 Å². The Morgan fingerprint density at radius 1 is 1.05 bits per heavy atom. The molecule has 0 fully saturated rings. The number of anilines is 2. The van der Waals surface area contributed by atoms with Gasteiger partial charge in [0.2, 0.25) is 0 Å². The molecule has 0 aliphatic rings. The molecule has 5 heteroatoms. The van der Waals surface area contributed by atoms with Crippen molar-refractivity contribution < 1.29 is 8.78 Å². The fraction of sp³-hybridized carbons (Fsp3) is 0. The van der Waals surface area contributed by atoms with E-state index in [1.54, 1.807) is 30.5 Å². The fourth-order valence-corrected chi connectivity index (χ4v) is 2.10. The van der Waals surface area contributed by atoms with Crippen LogP contribution in [0.15, 0.2) is 48.7 Å². The van der Waals surface area contributed by atoms with Gasteiger partial charge in [-0.2, -0.15) is 5.26 Å². The molecule has 2 aromatic carbocycles. The van der Waals surface area contributed by atoms with Crippen molar-refractivity contribution in [2.45, 2.75) is 0 Å². The number of hydrogen-bond donors (Lipinski definition) is 1. The molecule has 0 aliphatic heterocycles. The standard InChI is InChI=1S/C16H9F2N3/c17-12-7-10(9-19)8-13(18)16(12)21-14-5-1-3-11-4-2-6-20-15(11)14/h1-8,21H. The van der Waals surface area contributed by atoms with Crippen LogP contribution in [-0.4, -0.2) is 4.98 Å². The highest BCUT2D eigenvalue weighted by Gasteiger charge is 2.13. The van der Waals surface area contributed by atoms with Gasteiger partial charge in [0.25, 0.3) is 0 Å². The van der Waals surface area contributed by atoms with Crippen LogP contribution in [0, 0.1) is 23.0 Å². The van der Waals surface area contributed by atoms with E-state index in [1.807, 2.05) is 12.1 Å². The Kier molecular flexibility index (Phi) is 3.20. The highest BCUT2D eigenvalue weighted by Crippen LogP contribution is 2.28. The Morgan fingerprint density at radius 3 is 2.48 bits per heavy atom. The molecule has 3 aromatic rings. The average Bonchev–Trinajstić information content (AvgIpc) is 2.50. The highest BCUT2D eigenvalue weighted by atomic mass is 19.1. The van der Waals surface area contributed by atoms with Crippen LogP contribution in [0.4, 0.5) is 20.2 Å². The summed E-state index contributed by atoms with van der Waals surface area (Å²) >= 11 is 0. The SMILES string of the molecule is N#Cc1cc(F)c(Nc2cccc3cccnc23)c(F)c1. The maximum absolute atomic E-state index is 13.9. The zero-order valence-corrected chi connectivity index (χ0v) is 10.8. The lowest BCUT2D eigenvalue weighted by Gasteiger charge is -2.11. The molecule has 0 amide bonds. The number of rotatable bonds is 2. The first kappa shape index (κ1) is 13.0. The van der Waals surface area contributed by atoms with E-state index < -0.39 is 11.6 Å². The summed E-state index contributed by atoms with van der Waals surface area (Å²) in [6.07, 6.45) is 1.61. The van der Waals surface area contributed by atoms with Gasteiger partial charge in [-0.3, -0.25) is 4.98 Å². The van der Waals surface area contributed by atoms with Crippen molar-refractivity contribution in [1.29, 1.82) is 5.26 Å². The van der Waals surface area contributed by atoms with Crippen LogP contribution in [-0.2, 0) is 0 Å². The number of hydrogen-bond acceptors (Lipinski definition) is 3. The van der Waals surface area contributed by atoms with E-state index in [1.165, 1.54) is 0 Å². The van der Waals surface area contributed by atoms with Gasteiger partial charge in [0.15, 0.2) is 11.6 Å². The van der Waals surface area contributed by atoms with Gasteiger partial charge in [-0.15, -0.1) is 0 Å². The first-order valence-electron chi connectivity index (χ1n) is 6.19. The van der Waals surface area contributed by atoms with Crippen molar-refractivity contribution in [3.8, 4) is 6.07 Å². The first-order valence-corrected chi connectivity index (χ1v) is 6.19. The predicted molar refractivity (Wildman–Crippen MR) is 76.1 cm³/mol. The summed E-state index contributed by atoms with van der Waals surface area (Å²) in [5.74, 6) is -1.64. The number of benzene rings is 2. The van der Waals surface area contributed by atoms with Gasteiger partial charge in [-0.25, -0.2) is 8.78 Å². The molecule has 0 bridgehead atoms. The number of pyridine rings is 1. The Morgan fingerprint density at radius 2 is 1.76 bits per heavy atom. The molecule has 1 heterocycles. The molecule has 1 N–H and O–H groups in total. The molecule has 0 saturated heterocycles. The lowest BCUT2D eigenvalue weighted by Crippen LogP contribution is -1.99. The summed E-state index contributed by atoms with van der Waals surface area (Å²) in [5, 5.41) is 12.3. The van der Waals surface area contributed by atoms with Gasteiger partial charge in [0.05, 0.1) is 22.8 Å². The van der Waals surface area contributed by atoms with E-state index in [-0.39, 0.29) is 11.3 Å². The van der Waals surface area contributed by atoms with Gasteiger partial charge in [0.1, 0.15) is 5.69 Å². The van der Waals surface area contributed by atoms with Gasteiger partial charge in [0, 0.05) is 11.6 Å². The van der Waals surface area contributed by atoms with Crippen LogP contribution in [0.3, 0.4) is 0 Å². The predicted octanol–water partition coefficient (Wildman–Crippen LogP) is 4.13. The third-order valence-corrected chi connectivity index (χ3v) is 3.06. The van der Waals surface area contributed by atoms with Crippen LogP contribution in [0.2, 0.25) is 0 Å². The van der Waals surface area contributed by atoms with Crippen molar-refractivity contribution in [2.75, 3.05) is 5.32 Å². The van der Waals surface area contributed by atoms with E-state index >= 15 is 0 Å². The Balaban J connectivity index is 2.10. The quantitative estimate of drug-likeness (QED) is 0.768. The third kappa shape index (κ3) is 2.39. The molecule has 0 aliphatic carbocycles. The van der Waals surface area contributed by atoms with Gasteiger partial charge in [-0.1, -0.05) is 18.2 Å². The summed E-state index contributed by atoms with van der Waals surface area (Å²) < 4.78 is 27.8. The second-order valence-corrected chi connectivity index (χ2v) is 4.43. The number of aromatic nitrogens is 1. The minimum atomic E-state index is -0.820. The Hall–Kier alpha value is -3.00. The largest absolute Gasteiger partial charge is 0.349 e. The number of nitrogens with zero attached hydrogens (tertiary/aromatic N) is 2. The van der Waals surface area contributed by atoms with Crippen molar-refractivity contribution in [1.82, 2.24) is 4.98 Å². The van der Waals surface area contributed by atoms with Crippen molar-refractivity contribution in [3.05, 3.63) is 65.9 Å². The van der Waals surface area contributed by atoms with E-state index in [0.29, 0.717) is 11.2 Å². The number of fused-ring (bicyclic) bond motifs is 1. The Bertz CT molecular complexity index is 841. The van der Waals surface area contributed by atoms with E-state index in [9.17, 15) is 8.78 Å². The van der Waals surface area contributed by atoms with Crippen LogP contribution in [0.1, 0.15) is 5.56 Å². The maximum Gasteiger partial charge on any atom is 0.150 e. The zero-order valence-electron chi connectivity index (χ0n) is 10.8. The minimum absolute atomic E-state index is 0.0633. The van der Waals surface area contributed by atoms with E-state index in [4.69, 9.17) is 5.26 Å². The number of nitrogens with one attached hydrogen (secondary N) is 1. The smallest absolute Gasteiger partial charge is 0.150 e. The molecule has 102 valence electrons. The summed E-state index contributed by atoms with van der Waals surface area (Å²) in [5.41, 5.74) is 0.748. The first-order chi connectivity index (χ1) is 10.2. The van der Waals surface area contributed by atoms with Crippen LogP contribution < -0.4 is 5.32 Å². The summed E-state index contributed by atoms with van der Waals surface area (Å²) in [6, 6.07) is 12.7. The Labute approximate surface area is 119 Å². The second-order valence-electron chi connectivity index (χ2n) is 4.43. The maximum atomic E-state index is 13.9. The van der Waals surface area contributed by atoms with Crippen molar-refractivity contribution >= 4 is 22.3 Å².